The zero-order chi connectivity index (χ0) is 16.8. The van der Waals surface area contributed by atoms with Crippen molar-refractivity contribution >= 4 is 29.1 Å². The molecule has 2 aromatic carbocycles. The number of aromatic nitrogens is 1. The van der Waals surface area contributed by atoms with Crippen LogP contribution in [0.25, 0.3) is 0 Å². The van der Waals surface area contributed by atoms with Crippen LogP contribution < -0.4 is 38.5 Å². The molecule has 6 nitrogen and oxygen atoms in total. The highest BCUT2D eigenvalue weighted by Crippen LogP contribution is 2.18. The Morgan fingerprint density at radius 1 is 0.920 bits per heavy atom. The number of ether oxygens (including phenoxy) is 1. The second kappa shape index (κ2) is 8.56. The van der Waals surface area contributed by atoms with Crippen molar-refractivity contribution in [3.63, 3.8) is 0 Å². The summed E-state index contributed by atoms with van der Waals surface area (Å²) in [5.41, 5.74) is 7.32. The maximum absolute atomic E-state index is 11.9. The topological polar surface area (TPSA) is 90.5 Å². The van der Waals surface area contributed by atoms with Gasteiger partial charge in [-0.05, 0) is 30.3 Å². The van der Waals surface area contributed by atoms with Crippen molar-refractivity contribution in [3.05, 3.63) is 72.8 Å². The zero-order valence-corrected chi connectivity index (χ0v) is 14.0. The van der Waals surface area contributed by atoms with Crippen LogP contribution in [0.1, 0.15) is 0 Å². The first-order valence-electron chi connectivity index (χ1n) is 7.38. The van der Waals surface area contributed by atoms with E-state index in [2.05, 4.69) is 15.6 Å². The molecule has 0 unspecified atom stereocenters. The minimum Gasteiger partial charge on any atom is -1.00 e. The van der Waals surface area contributed by atoms with Gasteiger partial charge < -0.3 is 22.9 Å². The van der Waals surface area contributed by atoms with Gasteiger partial charge in [0.15, 0.2) is 0 Å². The van der Waals surface area contributed by atoms with E-state index in [9.17, 15) is 4.79 Å². The number of para-hydroxylation sites is 2. The van der Waals surface area contributed by atoms with Crippen LogP contribution in [0.15, 0.2) is 72.8 Å². The second-order valence-corrected chi connectivity index (χ2v) is 5.02. The lowest BCUT2D eigenvalue weighted by molar-refractivity contribution is -0.342. The minimum atomic E-state index is -0.606. The average Bonchev–Trinajstić information content (AvgIpc) is 2.59. The summed E-state index contributed by atoms with van der Waals surface area (Å²) in [5, 5.41) is 5.79. The average molecular weight is 357 g/mol. The first kappa shape index (κ1) is 18.1. The fourth-order valence-electron chi connectivity index (χ4n) is 2.10. The molecule has 5 N–H and O–H groups in total. The summed E-state index contributed by atoms with van der Waals surface area (Å²) in [6.07, 6.45) is -0.606. The van der Waals surface area contributed by atoms with Gasteiger partial charge in [0, 0.05) is 6.07 Å². The van der Waals surface area contributed by atoms with Crippen LogP contribution in [0.4, 0.5) is 27.8 Å². The molecule has 0 atom stereocenters. The molecule has 3 aromatic rings. The van der Waals surface area contributed by atoms with Crippen LogP contribution in [-0.4, -0.2) is 6.09 Å². The van der Waals surface area contributed by atoms with Gasteiger partial charge in [-0.15, -0.1) is 0 Å². The first-order valence-corrected chi connectivity index (χ1v) is 7.38. The molecule has 1 amide bonds. The highest BCUT2D eigenvalue weighted by Gasteiger charge is 2.11. The molecule has 0 aliphatic heterocycles. The molecule has 0 bridgehead atoms. The number of amides is 1. The number of hydrogen-bond donors (Lipinski definition) is 3. The minimum absolute atomic E-state index is 0. The summed E-state index contributed by atoms with van der Waals surface area (Å²) in [7, 11) is 0. The lowest BCUT2D eigenvalue weighted by Crippen LogP contribution is -3.00. The normalized spacial score (nSPS) is 9.60. The summed E-state index contributed by atoms with van der Waals surface area (Å²) >= 11 is 0. The number of rotatable bonds is 4. The third kappa shape index (κ3) is 5.12. The van der Waals surface area contributed by atoms with Crippen LogP contribution in [0.5, 0.6) is 5.75 Å². The van der Waals surface area contributed by atoms with Crippen molar-refractivity contribution in [1.82, 2.24) is 0 Å². The Morgan fingerprint density at radius 2 is 1.56 bits per heavy atom. The maximum atomic E-state index is 11.9. The van der Waals surface area contributed by atoms with Gasteiger partial charge in [-0.1, -0.05) is 36.4 Å². The van der Waals surface area contributed by atoms with Crippen molar-refractivity contribution in [2.75, 3.05) is 16.4 Å². The molecule has 1 aromatic heterocycles. The Bertz CT molecular complexity index is 829. The van der Waals surface area contributed by atoms with Crippen molar-refractivity contribution in [2.45, 2.75) is 0 Å². The Balaban J connectivity index is 0.00000225. The van der Waals surface area contributed by atoms with E-state index < -0.39 is 6.09 Å². The number of H-pyrrole nitrogens is 1. The number of carbonyl (C=O) groups is 1. The monoisotopic (exact) mass is 356 g/mol. The molecular formula is C18H17ClN4O2. The Hall–Kier alpha value is -3.25. The number of benzene rings is 2. The molecule has 0 fully saturated rings. The molecule has 128 valence electrons. The van der Waals surface area contributed by atoms with Crippen molar-refractivity contribution < 1.29 is 26.9 Å². The van der Waals surface area contributed by atoms with Gasteiger partial charge in [0.25, 0.3) is 0 Å². The molecular weight excluding hydrogens is 340 g/mol. The van der Waals surface area contributed by atoms with Crippen LogP contribution in [0.2, 0.25) is 0 Å². The number of nitrogen functional groups attached to an aromatic ring is 1. The number of halogens is 1. The number of nitrogens with two attached hydrogens (primary N) is 1. The van der Waals surface area contributed by atoms with Gasteiger partial charge in [0.05, 0.1) is 5.69 Å². The van der Waals surface area contributed by atoms with Gasteiger partial charge in [-0.25, -0.2) is 9.78 Å². The van der Waals surface area contributed by atoms with Crippen molar-refractivity contribution in [1.29, 1.82) is 0 Å². The number of pyridine rings is 1. The van der Waals surface area contributed by atoms with Gasteiger partial charge in [-0.2, -0.15) is 0 Å². The highest BCUT2D eigenvalue weighted by atomic mass is 35.5. The number of nitrogens with one attached hydrogen (secondary N) is 3. The molecule has 0 saturated carbocycles. The molecule has 7 heteroatoms. The Kier molecular flexibility index (Phi) is 6.20. The van der Waals surface area contributed by atoms with Crippen LogP contribution in [-0.2, 0) is 0 Å². The van der Waals surface area contributed by atoms with Crippen LogP contribution in [0, 0.1) is 0 Å². The standard InChI is InChI=1S/C18H16N4O2.ClH/c19-17-15(21-18(23)24-14-9-5-2-6-10-14)11-12-16(22-17)20-13-7-3-1-4-8-13;/h1-12H,(H,21,23)(H3,19,20,22);1H. The third-order valence-corrected chi connectivity index (χ3v) is 3.22. The third-order valence-electron chi connectivity index (χ3n) is 3.22. The van der Waals surface area contributed by atoms with Gasteiger partial charge >= 0.3 is 6.09 Å². The summed E-state index contributed by atoms with van der Waals surface area (Å²) in [5.74, 6) is 1.49. The largest absolute Gasteiger partial charge is 1.00 e. The van der Waals surface area contributed by atoms with Gasteiger partial charge in [-0.3, -0.25) is 10.6 Å². The van der Waals surface area contributed by atoms with Crippen LogP contribution in [0.3, 0.4) is 0 Å². The first-order chi connectivity index (χ1) is 11.7. The second-order valence-electron chi connectivity index (χ2n) is 5.02. The molecule has 0 aliphatic rings. The number of aromatic amines is 1. The molecule has 0 saturated heterocycles. The van der Waals surface area contributed by atoms with E-state index in [0.717, 1.165) is 5.69 Å². The van der Waals surface area contributed by atoms with E-state index in [4.69, 9.17) is 10.5 Å². The van der Waals surface area contributed by atoms with E-state index >= 15 is 0 Å². The van der Waals surface area contributed by atoms with E-state index in [-0.39, 0.29) is 12.4 Å². The lowest BCUT2D eigenvalue weighted by atomic mass is 10.3. The van der Waals surface area contributed by atoms with Crippen molar-refractivity contribution in [2.24, 2.45) is 0 Å². The van der Waals surface area contributed by atoms with E-state index in [0.29, 0.717) is 23.1 Å². The van der Waals surface area contributed by atoms with E-state index in [1.807, 2.05) is 36.4 Å². The maximum Gasteiger partial charge on any atom is 0.417 e. The Morgan fingerprint density at radius 3 is 2.20 bits per heavy atom. The predicted molar refractivity (Wildman–Crippen MR) is 93.2 cm³/mol. The highest BCUT2D eigenvalue weighted by molar-refractivity contribution is 5.88. The zero-order valence-electron chi connectivity index (χ0n) is 13.2. The summed E-state index contributed by atoms with van der Waals surface area (Å²) in [4.78, 5) is 14.9. The molecule has 1 heterocycles. The summed E-state index contributed by atoms with van der Waals surface area (Å²) in [6.45, 7) is 0. The quantitative estimate of drug-likeness (QED) is 0.632. The molecule has 0 spiro atoms. The van der Waals surface area contributed by atoms with E-state index in [1.54, 1.807) is 36.4 Å². The molecule has 0 radical (unpaired) electrons. The number of hydrogen-bond acceptors (Lipinski definition) is 4. The Labute approximate surface area is 151 Å². The summed E-state index contributed by atoms with van der Waals surface area (Å²) in [6, 6.07) is 22.0. The van der Waals surface area contributed by atoms with Crippen molar-refractivity contribution in [3.8, 4) is 5.75 Å². The fourth-order valence-corrected chi connectivity index (χ4v) is 2.10. The predicted octanol–water partition coefficient (Wildman–Crippen LogP) is 0.441. The molecule has 3 rings (SSSR count). The van der Waals surface area contributed by atoms with Gasteiger partial charge in [0.2, 0.25) is 11.6 Å². The van der Waals surface area contributed by atoms with Gasteiger partial charge in [0.1, 0.15) is 11.4 Å². The lowest BCUT2D eigenvalue weighted by Gasteiger charge is -2.08. The smallest absolute Gasteiger partial charge is 0.417 e. The summed E-state index contributed by atoms with van der Waals surface area (Å²) < 4.78 is 5.16. The number of carbonyl (C=O) groups excluding carboxylic acids is 1. The van der Waals surface area contributed by atoms with E-state index in [1.165, 1.54) is 0 Å². The SMILES string of the molecule is Nc1[nH+]c(Nc2ccccc2)ccc1NC(=O)Oc1ccccc1.[Cl-]. The number of anilines is 4. The fraction of sp³-hybridized carbons (Fsp3) is 0. The van der Waals surface area contributed by atoms with Crippen LogP contribution >= 0.6 is 0 Å². The molecule has 25 heavy (non-hydrogen) atoms. The molecule has 0 aliphatic carbocycles.